The number of aryl methyl sites for hydroxylation is 1. The van der Waals surface area contributed by atoms with Crippen molar-refractivity contribution in [1.82, 2.24) is 14.5 Å². The lowest BCUT2D eigenvalue weighted by Crippen LogP contribution is -2.13. The molecule has 2 aromatic rings. The van der Waals surface area contributed by atoms with E-state index in [1.54, 1.807) is 11.8 Å². The minimum Gasteiger partial charge on any atom is -0.481 e. The summed E-state index contributed by atoms with van der Waals surface area (Å²) in [6.45, 7) is 4.11. The van der Waals surface area contributed by atoms with E-state index in [1.165, 1.54) is 11.8 Å². The Morgan fingerprint density at radius 2 is 2.29 bits per heavy atom. The number of aliphatic carboxylic acids is 1. The smallest absolute Gasteiger partial charge is 0.313 e. The minimum atomic E-state index is -0.833. The number of aromatic nitrogens is 3. The van der Waals surface area contributed by atoms with Gasteiger partial charge < -0.3 is 5.11 Å². The van der Waals surface area contributed by atoms with E-state index in [0.29, 0.717) is 0 Å². The van der Waals surface area contributed by atoms with Crippen molar-refractivity contribution in [1.29, 1.82) is 0 Å². The fraction of sp³-hybridized carbons (Fsp3) is 0.500. The molecule has 0 spiro atoms. The summed E-state index contributed by atoms with van der Waals surface area (Å²) >= 11 is 3.03. The molecule has 5 nitrogen and oxygen atoms in total. The monoisotopic (exact) mass is 325 g/mol. The first-order valence-electron chi connectivity index (χ1n) is 6.75. The van der Waals surface area contributed by atoms with E-state index < -0.39 is 5.97 Å². The number of carboxylic acids is 1. The van der Waals surface area contributed by atoms with E-state index in [0.717, 1.165) is 34.1 Å². The third kappa shape index (κ3) is 3.71. The normalized spacial score (nSPS) is 12.7. The number of nitrogens with zero attached hydrogens (tertiary/aromatic N) is 3. The van der Waals surface area contributed by atoms with Gasteiger partial charge >= 0.3 is 5.97 Å². The van der Waals surface area contributed by atoms with Crippen LogP contribution in [0.25, 0.3) is 11.2 Å². The molecular weight excluding hydrogens is 306 g/mol. The number of carboxylic acid groups (broad SMARTS) is 1. The number of hydrogen-bond acceptors (Lipinski definition) is 5. The van der Waals surface area contributed by atoms with Crippen LogP contribution in [0.4, 0.5) is 0 Å². The maximum Gasteiger partial charge on any atom is 0.313 e. The SMILES string of the molecule is CCC(CSC)n1c(SCC(=O)O)nc2cc(C)cnc21. The highest BCUT2D eigenvalue weighted by atomic mass is 32.2. The van der Waals surface area contributed by atoms with Gasteiger partial charge in [0.25, 0.3) is 0 Å². The van der Waals surface area contributed by atoms with Crippen molar-refractivity contribution in [2.24, 2.45) is 0 Å². The predicted molar refractivity (Wildman–Crippen MR) is 88.3 cm³/mol. The second kappa shape index (κ2) is 7.17. The fourth-order valence-electron chi connectivity index (χ4n) is 2.19. The molecule has 114 valence electrons. The summed E-state index contributed by atoms with van der Waals surface area (Å²) < 4.78 is 2.10. The maximum atomic E-state index is 10.8. The van der Waals surface area contributed by atoms with Gasteiger partial charge in [0.1, 0.15) is 5.52 Å². The molecule has 0 saturated heterocycles. The average Bonchev–Trinajstić information content (AvgIpc) is 2.79. The third-order valence-electron chi connectivity index (χ3n) is 3.15. The van der Waals surface area contributed by atoms with Crippen molar-refractivity contribution in [2.75, 3.05) is 17.8 Å². The molecule has 1 atom stereocenters. The topological polar surface area (TPSA) is 68.0 Å². The van der Waals surface area contributed by atoms with E-state index in [-0.39, 0.29) is 11.8 Å². The van der Waals surface area contributed by atoms with Crippen molar-refractivity contribution < 1.29 is 9.90 Å². The van der Waals surface area contributed by atoms with Crippen molar-refractivity contribution in [3.8, 4) is 0 Å². The number of hydrogen-bond donors (Lipinski definition) is 1. The summed E-state index contributed by atoms with van der Waals surface area (Å²) in [6, 6.07) is 2.27. The van der Waals surface area contributed by atoms with Gasteiger partial charge in [-0.05, 0) is 31.2 Å². The van der Waals surface area contributed by atoms with E-state index in [1.807, 2.05) is 19.2 Å². The molecule has 0 bridgehead atoms. The van der Waals surface area contributed by atoms with E-state index in [9.17, 15) is 4.79 Å². The molecule has 0 radical (unpaired) electrons. The first-order valence-corrected chi connectivity index (χ1v) is 9.12. The zero-order valence-corrected chi connectivity index (χ0v) is 14.0. The molecule has 0 saturated carbocycles. The second-order valence-corrected chi connectivity index (χ2v) is 6.67. The number of imidazole rings is 1. The van der Waals surface area contributed by atoms with E-state index in [2.05, 4.69) is 27.7 Å². The first kappa shape index (κ1) is 16.2. The van der Waals surface area contributed by atoms with Crippen LogP contribution in [-0.4, -0.2) is 43.4 Å². The maximum absolute atomic E-state index is 10.8. The quantitative estimate of drug-likeness (QED) is 0.788. The molecule has 0 aromatic carbocycles. The van der Waals surface area contributed by atoms with Crippen LogP contribution < -0.4 is 0 Å². The lowest BCUT2D eigenvalue weighted by atomic mass is 10.2. The van der Waals surface area contributed by atoms with Crippen molar-refractivity contribution in [3.05, 3.63) is 17.8 Å². The number of fused-ring (bicyclic) bond motifs is 1. The summed E-state index contributed by atoms with van der Waals surface area (Å²) in [7, 11) is 0. The molecule has 2 heterocycles. The van der Waals surface area contributed by atoms with Gasteiger partial charge in [0.05, 0.1) is 5.75 Å². The number of carbonyl (C=O) groups is 1. The molecular formula is C14H19N3O2S2. The predicted octanol–water partition coefficient (Wildman–Crippen LogP) is 3.23. The molecule has 21 heavy (non-hydrogen) atoms. The van der Waals surface area contributed by atoms with Gasteiger partial charge in [-0.1, -0.05) is 18.7 Å². The number of rotatable bonds is 7. The Morgan fingerprint density at radius 1 is 1.52 bits per heavy atom. The summed E-state index contributed by atoms with van der Waals surface area (Å²) in [5, 5.41) is 9.65. The highest BCUT2D eigenvalue weighted by molar-refractivity contribution is 7.99. The molecule has 7 heteroatoms. The second-order valence-electron chi connectivity index (χ2n) is 4.82. The van der Waals surface area contributed by atoms with Crippen molar-refractivity contribution in [2.45, 2.75) is 31.5 Å². The minimum absolute atomic E-state index is 0.0119. The van der Waals surface area contributed by atoms with E-state index in [4.69, 9.17) is 5.11 Å². The van der Waals surface area contributed by atoms with Crippen LogP contribution in [0.15, 0.2) is 17.4 Å². The zero-order chi connectivity index (χ0) is 15.4. The Bertz CT molecular complexity index is 642. The van der Waals surface area contributed by atoms with Crippen LogP contribution in [0.3, 0.4) is 0 Å². The Labute approximate surface area is 132 Å². The van der Waals surface area contributed by atoms with Gasteiger partial charge in [0, 0.05) is 18.0 Å². The molecule has 1 unspecified atom stereocenters. The molecule has 0 fully saturated rings. The standard InChI is InChI=1S/C14H19N3O2S2/c1-4-10(7-20-3)17-13-11(5-9(2)6-15-13)16-14(17)21-8-12(18)19/h5-6,10H,4,7-8H2,1-3H3,(H,18,19). The molecule has 0 aliphatic heterocycles. The fourth-order valence-corrected chi connectivity index (χ4v) is 3.75. The summed E-state index contributed by atoms with van der Waals surface area (Å²) in [4.78, 5) is 19.9. The molecule has 0 amide bonds. The number of thioether (sulfide) groups is 2. The van der Waals surface area contributed by atoms with E-state index >= 15 is 0 Å². The van der Waals surface area contributed by atoms with Crippen molar-refractivity contribution in [3.63, 3.8) is 0 Å². The van der Waals surface area contributed by atoms with Gasteiger partial charge in [-0.2, -0.15) is 11.8 Å². The Hall–Kier alpha value is -1.21. The van der Waals surface area contributed by atoms with Gasteiger partial charge in [-0.25, -0.2) is 9.97 Å². The third-order valence-corrected chi connectivity index (χ3v) is 4.81. The Kier molecular flexibility index (Phi) is 5.52. The molecule has 0 aliphatic rings. The highest BCUT2D eigenvalue weighted by Crippen LogP contribution is 2.30. The van der Waals surface area contributed by atoms with Crippen molar-refractivity contribution >= 4 is 40.7 Å². The van der Waals surface area contributed by atoms with Gasteiger partial charge in [-0.15, -0.1) is 0 Å². The van der Waals surface area contributed by atoms with Crippen LogP contribution in [0, 0.1) is 6.92 Å². The average molecular weight is 325 g/mol. The lowest BCUT2D eigenvalue weighted by Gasteiger charge is -2.18. The summed E-state index contributed by atoms with van der Waals surface area (Å²) in [5.74, 6) is 0.136. The Morgan fingerprint density at radius 3 is 2.90 bits per heavy atom. The molecule has 2 rings (SSSR count). The summed E-state index contributed by atoms with van der Waals surface area (Å²) in [5.41, 5.74) is 2.73. The van der Waals surface area contributed by atoms with Gasteiger partial charge in [-0.3, -0.25) is 9.36 Å². The molecule has 0 aliphatic carbocycles. The Balaban J connectivity index is 2.50. The van der Waals surface area contributed by atoms with Crippen LogP contribution >= 0.6 is 23.5 Å². The van der Waals surface area contributed by atoms with Gasteiger partial charge in [0.2, 0.25) is 0 Å². The number of pyridine rings is 1. The summed E-state index contributed by atoms with van der Waals surface area (Å²) in [6.07, 6.45) is 4.86. The van der Waals surface area contributed by atoms with Crippen LogP contribution in [-0.2, 0) is 4.79 Å². The lowest BCUT2D eigenvalue weighted by molar-refractivity contribution is -0.133. The van der Waals surface area contributed by atoms with Crippen LogP contribution in [0.1, 0.15) is 24.9 Å². The van der Waals surface area contributed by atoms with Gasteiger partial charge in [0.15, 0.2) is 10.8 Å². The largest absolute Gasteiger partial charge is 0.481 e. The zero-order valence-electron chi connectivity index (χ0n) is 12.4. The molecule has 1 N–H and O–H groups in total. The van der Waals surface area contributed by atoms with Crippen LogP contribution in [0.5, 0.6) is 0 Å². The van der Waals surface area contributed by atoms with Crippen LogP contribution in [0.2, 0.25) is 0 Å². The first-order chi connectivity index (χ1) is 10.1. The molecule has 2 aromatic heterocycles. The highest BCUT2D eigenvalue weighted by Gasteiger charge is 2.19.